The number of halogens is 1. The van der Waals surface area contributed by atoms with Gasteiger partial charge < -0.3 is 10.0 Å². The van der Waals surface area contributed by atoms with Crippen molar-refractivity contribution in [3.05, 3.63) is 64.7 Å². The van der Waals surface area contributed by atoms with Crippen LogP contribution in [0.2, 0.25) is 5.02 Å². The van der Waals surface area contributed by atoms with Crippen LogP contribution in [0.15, 0.2) is 48.5 Å². The van der Waals surface area contributed by atoms with Crippen LogP contribution in [0.4, 0.5) is 5.69 Å². The predicted molar refractivity (Wildman–Crippen MR) is 102 cm³/mol. The Morgan fingerprint density at radius 1 is 0.920 bits per heavy atom. The van der Waals surface area contributed by atoms with Crippen LogP contribution in [0.3, 0.4) is 0 Å². The normalized spacial score (nSPS) is 15.3. The number of hydrogen-bond donors (Lipinski definition) is 1. The molecule has 1 aliphatic rings. The van der Waals surface area contributed by atoms with Gasteiger partial charge in [-0.3, -0.25) is 9.69 Å². The Kier molecular flexibility index (Phi) is 5.95. The lowest BCUT2D eigenvalue weighted by molar-refractivity contribution is -0.136. The van der Waals surface area contributed by atoms with Crippen molar-refractivity contribution in [1.82, 2.24) is 4.90 Å². The predicted octanol–water partition coefficient (Wildman–Crippen LogP) is 3.33. The standard InChI is InChI=1S/C20H23ClN2O2/c21-18-5-7-19(8-6-18)23-13-11-22(12-14-23)10-9-16-1-3-17(4-2-16)15-20(24)25/h1-8H,9-15H2,(H,24,25). The molecule has 1 saturated heterocycles. The van der Waals surface area contributed by atoms with Crippen LogP contribution in [-0.2, 0) is 17.6 Å². The van der Waals surface area contributed by atoms with E-state index in [1.165, 1.54) is 11.3 Å². The molecule has 0 aliphatic carbocycles. The Labute approximate surface area is 153 Å². The third-order valence-corrected chi connectivity index (χ3v) is 4.91. The molecule has 2 aromatic carbocycles. The van der Waals surface area contributed by atoms with Crippen LogP contribution in [0.5, 0.6) is 0 Å². The first kappa shape index (κ1) is 17.8. The van der Waals surface area contributed by atoms with Gasteiger partial charge in [0, 0.05) is 43.4 Å². The van der Waals surface area contributed by atoms with Gasteiger partial charge in [0.2, 0.25) is 0 Å². The summed E-state index contributed by atoms with van der Waals surface area (Å²) in [7, 11) is 0. The summed E-state index contributed by atoms with van der Waals surface area (Å²) in [5.74, 6) is -0.786. The first-order valence-electron chi connectivity index (χ1n) is 8.62. The lowest BCUT2D eigenvalue weighted by Crippen LogP contribution is -2.46. The first-order valence-corrected chi connectivity index (χ1v) is 9.00. The molecule has 1 N–H and O–H groups in total. The Morgan fingerprint density at radius 3 is 2.12 bits per heavy atom. The van der Waals surface area contributed by atoms with Crippen molar-refractivity contribution in [2.45, 2.75) is 12.8 Å². The highest BCUT2D eigenvalue weighted by Crippen LogP contribution is 2.19. The molecule has 4 nitrogen and oxygen atoms in total. The summed E-state index contributed by atoms with van der Waals surface area (Å²) >= 11 is 5.95. The molecule has 1 fully saturated rings. The third-order valence-electron chi connectivity index (χ3n) is 4.66. The number of carboxylic acid groups (broad SMARTS) is 1. The number of rotatable bonds is 6. The van der Waals surface area contributed by atoms with Crippen molar-refractivity contribution in [2.75, 3.05) is 37.6 Å². The highest BCUT2D eigenvalue weighted by Gasteiger charge is 2.16. The number of anilines is 1. The van der Waals surface area contributed by atoms with Crippen molar-refractivity contribution in [3.63, 3.8) is 0 Å². The van der Waals surface area contributed by atoms with Gasteiger partial charge in [-0.15, -0.1) is 0 Å². The first-order chi connectivity index (χ1) is 12.1. The van der Waals surface area contributed by atoms with E-state index in [1.54, 1.807) is 0 Å². The van der Waals surface area contributed by atoms with E-state index in [0.717, 1.165) is 49.7 Å². The second-order valence-electron chi connectivity index (χ2n) is 6.44. The maximum absolute atomic E-state index is 10.7. The van der Waals surface area contributed by atoms with Gasteiger partial charge in [0.05, 0.1) is 6.42 Å². The molecular weight excluding hydrogens is 336 g/mol. The van der Waals surface area contributed by atoms with Gasteiger partial charge in [0.1, 0.15) is 0 Å². The number of nitrogens with zero attached hydrogens (tertiary/aromatic N) is 2. The molecule has 25 heavy (non-hydrogen) atoms. The Hall–Kier alpha value is -2.04. The van der Waals surface area contributed by atoms with E-state index in [9.17, 15) is 4.79 Å². The Bertz CT molecular complexity index is 693. The van der Waals surface area contributed by atoms with Crippen LogP contribution in [0.1, 0.15) is 11.1 Å². The lowest BCUT2D eigenvalue weighted by Gasteiger charge is -2.36. The van der Waals surface area contributed by atoms with Crippen molar-refractivity contribution in [2.24, 2.45) is 0 Å². The second-order valence-corrected chi connectivity index (χ2v) is 6.88. The van der Waals surface area contributed by atoms with Crippen molar-refractivity contribution >= 4 is 23.3 Å². The average Bonchev–Trinajstić information content (AvgIpc) is 2.62. The van der Waals surface area contributed by atoms with Gasteiger partial charge in [-0.05, 0) is 41.8 Å². The van der Waals surface area contributed by atoms with Gasteiger partial charge in [-0.25, -0.2) is 0 Å². The molecule has 0 unspecified atom stereocenters. The molecule has 3 rings (SSSR count). The SMILES string of the molecule is O=C(O)Cc1ccc(CCN2CCN(c3ccc(Cl)cc3)CC2)cc1. The van der Waals surface area contributed by atoms with E-state index in [4.69, 9.17) is 16.7 Å². The second kappa shape index (κ2) is 8.37. The van der Waals surface area contributed by atoms with Crippen molar-refractivity contribution < 1.29 is 9.90 Å². The quantitative estimate of drug-likeness (QED) is 0.860. The smallest absolute Gasteiger partial charge is 0.307 e. The fourth-order valence-electron chi connectivity index (χ4n) is 3.17. The molecule has 2 aromatic rings. The molecular formula is C20H23ClN2O2. The van der Waals surface area contributed by atoms with E-state index < -0.39 is 5.97 Å². The summed E-state index contributed by atoms with van der Waals surface area (Å²) in [5, 5.41) is 9.58. The number of piperazine rings is 1. The molecule has 0 spiro atoms. The fourth-order valence-corrected chi connectivity index (χ4v) is 3.29. The highest BCUT2D eigenvalue weighted by atomic mass is 35.5. The topological polar surface area (TPSA) is 43.8 Å². The zero-order valence-electron chi connectivity index (χ0n) is 14.2. The molecule has 0 radical (unpaired) electrons. The van der Waals surface area contributed by atoms with Crippen molar-refractivity contribution in [3.8, 4) is 0 Å². The van der Waals surface area contributed by atoms with Crippen LogP contribution >= 0.6 is 11.6 Å². The number of benzene rings is 2. The number of hydrogen-bond acceptors (Lipinski definition) is 3. The van der Waals surface area contributed by atoms with E-state index in [0.29, 0.717) is 0 Å². The summed E-state index contributed by atoms with van der Waals surface area (Å²) in [4.78, 5) is 15.6. The summed E-state index contributed by atoms with van der Waals surface area (Å²) in [6.07, 6.45) is 1.08. The molecule has 1 heterocycles. The van der Waals surface area contributed by atoms with E-state index in [2.05, 4.69) is 21.9 Å². The summed E-state index contributed by atoms with van der Waals surface area (Å²) < 4.78 is 0. The molecule has 0 aromatic heterocycles. The minimum Gasteiger partial charge on any atom is -0.481 e. The van der Waals surface area contributed by atoms with Gasteiger partial charge >= 0.3 is 5.97 Å². The van der Waals surface area contributed by atoms with E-state index >= 15 is 0 Å². The number of carbonyl (C=O) groups is 1. The fraction of sp³-hybridized carbons (Fsp3) is 0.350. The largest absolute Gasteiger partial charge is 0.481 e. The van der Waals surface area contributed by atoms with Crippen LogP contribution < -0.4 is 4.90 Å². The van der Waals surface area contributed by atoms with Crippen LogP contribution in [-0.4, -0.2) is 48.7 Å². The zero-order valence-corrected chi connectivity index (χ0v) is 15.0. The summed E-state index contributed by atoms with van der Waals surface area (Å²) in [6.45, 7) is 5.20. The molecule has 132 valence electrons. The summed E-state index contributed by atoms with van der Waals surface area (Å²) in [5.41, 5.74) is 3.35. The van der Waals surface area contributed by atoms with Gasteiger partial charge in [0.25, 0.3) is 0 Å². The van der Waals surface area contributed by atoms with Gasteiger partial charge in [-0.1, -0.05) is 35.9 Å². The van der Waals surface area contributed by atoms with E-state index in [-0.39, 0.29) is 6.42 Å². The monoisotopic (exact) mass is 358 g/mol. The average molecular weight is 359 g/mol. The molecule has 0 saturated carbocycles. The third kappa shape index (κ3) is 5.21. The zero-order chi connectivity index (χ0) is 17.6. The maximum atomic E-state index is 10.7. The minimum atomic E-state index is -0.786. The van der Waals surface area contributed by atoms with E-state index in [1.807, 2.05) is 36.4 Å². The lowest BCUT2D eigenvalue weighted by atomic mass is 10.1. The Morgan fingerprint density at radius 2 is 1.52 bits per heavy atom. The number of carboxylic acids is 1. The number of aliphatic carboxylic acids is 1. The van der Waals surface area contributed by atoms with Crippen LogP contribution in [0, 0.1) is 0 Å². The minimum absolute atomic E-state index is 0.0902. The van der Waals surface area contributed by atoms with Gasteiger partial charge in [0.15, 0.2) is 0 Å². The Balaban J connectivity index is 1.44. The highest BCUT2D eigenvalue weighted by molar-refractivity contribution is 6.30. The molecule has 0 atom stereocenters. The molecule has 0 amide bonds. The van der Waals surface area contributed by atoms with Gasteiger partial charge in [-0.2, -0.15) is 0 Å². The maximum Gasteiger partial charge on any atom is 0.307 e. The molecule has 5 heteroatoms. The summed E-state index contributed by atoms with van der Waals surface area (Å²) in [6, 6.07) is 16.0. The van der Waals surface area contributed by atoms with Crippen LogP contribution in [0.25, 0.3) is 0 Å². The molecule has 1 aliphatic heterocycles. The molecule has 0 bridgehead atoms. The van der Waals surface area contributed by atoms with Crippen molar-refractivity contribution in [1.29, 1.82) is 0 Å².